The van der Waals surface area contributed by atoms with E-state index in [4.69, 9.17) is 32.7 Å². The Bertz CT molecular complexity index is 6720. The van der Waals surface area contributed by atoms with E-state index in [1.54, 1.807) is 44.6 Å². The van der Waals surface area contributed by atoms with Gasteiger partial charge in [0.1, 0.15) is 28.2 Å². The van der Waals surface area contributed by atoms with Crippen molar-refractivity contribution in [1.82, 2.24) is 19.9 Å². The Labute approximate surface area is 652 Å². The van der Waals surface area contributed by atoms with E-state index in [1.165, 1.54) is 43.2 Å². The van der Waals surface area contributed by atoms with Gasteiger partial charge in [0.2, 0.25) is 45.6 Å². The van der Waals surface area contributed by atoms with Crippen LogP contribution in [0.4, 0.5) is 0 Å². The number of hydrogen-bond donors (Lipinski definition) is 0. The topological polar surface area (TPSA) is 120 Å². The maximum Gasteiger partial charge on any atom is 0.227 e. The van der Waals surface area contributed by atoms with Crippen molar-refractivity contribution in [3.63, 3.8) is 0 Å². The average Bonchev–Trinajstić information content (AvgIpc) is 1.07. The predicted molar refractivity (Wildman–Crippen MR) is 444 cm³/mol. The molecule has 12 heterocycles. The summed E-state index contributed by atoms with van der Waals surface area (Å²) in [5.41, 5.74) is 27.4. The first-order chi connectivity index (χ1) is 55.5. The third-order valence-corrected chi connectivity index (χ3v) is 21.1. The minimum atomic E-state index is -2.63. The lowest BCUT2D eigenvalue weighted by atomic mass is 9.93. The summed E-state index contributed by atoms with van der Waals surface area (Å²) in [6, 6.07) is 40.9. The third kappa shape index (κ3) is 14.1. The van der Waals surface area contributed by atoms with Crippen molar-refractivity contribution in [2.75, 3.05) is 0 Å². The number of aryl methyl sites for hydroxylation is 16. The minimum absolute atomic E-state index is 0.132. The van der Waals surface area contributed by atoms with Gasteiger partial charge < -0.3 is 17.7 Å². The van der Waals surface area contributed by atoms with Gasteiger partial charge in [-0.05, 0) is 198 Å². The van der Waals surface area contributed by atoms with Crippen molar-refractivity contribution >= 4 is 88.3 Å². The van der Waals surface area contributed by atoms with Crippen molar-refractivity contribution in [2.45, 2.75) is 188 Å². The zero-order chi connectivity index (χ0) is 86.9. The molecule has 1 atom stereocenters. The lowest BCUT2D eigenvalue weighted by Gasteiger charge is -2.13. The van der Waals surface area contributed by atoms with E-state index < -0.39 is 37.8 Å². The highest BCUT2D eigenvalue weighted by Gasteiger charge is 2.29. The number of fused-ring (bicyclic) bond motifs is 12. The van der Waals surface area contributed by atoms with Crippen molar-refractivity contribution in [3.8, 4) is 45.0 Å². The normalized spacial score (nSPS) is 14.5. The van der Waals surface area contributed by atoms with Crippen LogP contribution in [-0.2, 0) is 53.7 Å². The summed E-state index contributed by atoms with van der Waals surface area (Å²) in [7, 11) is 7.78. The number of furan rings is 4. The van der Waals surface area contributed by atoms with Gasteiger partial charge in [-0.2, -0.15) is 0 Å². The zero-order valence-corrected chi connectivity index (χ0v) is 66.9. The molecule has 0 spiro atoms. The highest BCUT2D eigenvalue weighted by molar-refractivity contribution is 6.12. The second-order valence-electron chi connectivity index (χ2n) is 29.8. The van der Waals surface area contributed by atoms with E-state index in [-0.39, 0.29) is 17.0 Å². The van der Waals surface area contributed by atoms with Crippen LogP contribution in [0.15, 0.2) is 164 Å². The van der Waals surface area contributed by atoms with Gasteiger partial charge in [0.05, 0.1) is 22.3 Å². The summed E-state index contributed by atoms with van der Waals surface area (Å²) >= 11 is 0. The lowest BCUT2D eigenvalue weighted by molar-refractivity contribution is -0.661. The molecular weight excluding hydrogens is 1330 g/mol. The number of pyridine rings is 8. The number of nitrogens with zero attached hydrogens (tertiary/aromatic N) is 8. The van der Waals surface area contributed by atoms with Crippen LogP contribution in [0, 0.1) is 55.4 Å². The van der Waals surface area contributed by atoms with Crippen molar-refractivity contribution in [1.29, 1.82) is 0 Å². The summed E-state index contributed by atoms with van der Waals surface area (Å²) in [5.74, 6) is -2.24. The Morgan fingerprint density at radius 3 is 0.907 bits per heavy atom. The Balaban J connectivity index is 0.000000138. The predicted octanol–water partition coefficient (Wildman–Crippen LogP) is 23.1. The molecular formula is C96H108N8O4+4. The fourth-order valence-electron chi connectivity index (χ4n) is 15.2. The molecule has 552 valence electrons. The highest BCUT2D eigenvalue weighted by Crippen LogP contribution is 2.43. The van der Waals surface area contributed by atoms with Gasteiger partial charge in [-0.1, -0.05) is 132 Å². The zero-order valence-electron chi connectivity index (χ0n) is 77.9. The van der Waals surface area contributed by atoms with Crippen LogP contribution in [0.5, 0.6) is 0 Å². The van der Waals surface area contributed by atoms with Gasteiger partial charge in [-0.15, -0.1) is 0 Å². The molecule has 1 unspecified atom stereocenters. The summed E-state index contributed by atoms with van der Waals surface area (Å²) in [6.07, 6.45) is 3.80. The van der Waals surface area contributed by atoms with E-state index in [9.17, 15) is 0 Å². The third-order valence-electron chi connectivity index (χ3n) is 21.1. The largest absolute Gasteiger partial charge is 0.437 e. The second-order valence-corrected chi connectivity index (χ2v) is 29.8. The molecule has 0 aliphatic carbocycles. The number of hydrogen-bond acceptors (Lipinski definition) is 8. The smallest absolute Gasteiger partial charge is 0.227 e. The summed E-state index contributed by atoms with van der Waals surface area (Å²) in [4.78, 5) is 18.2. The Morgan fingerprint density at radius 1 is 0.333 bits per heavy atom. The summed E-state index contributed by atoms with van der Waals surface area (Å²) in [6.45, 7) is 33.8. The van der Waals surface area contributed by atoms with Gasteiger partial charge in [0.15, 0.2) is 47.1 Å². The van der Waals surface area contributed by atoms with E-state index in [0.29, 0.717) is 51.2 Å². The lowest BCUT2D eigenvalue weighted by Crippen LogP contribution is -2.32. The van der Waals surface area contributed by atoms with Crippen LogP contribution in [-0.4, -0.2) is 19.9 Å². The van der Waals surface area contributed by atoms with Crippen LogP contribution in [0.3, 0.4) is 0 Å². The summed E-state index contributed by atoms with van der Waals surface area (Å²) < 4.78 is 124. The number of aromatic nitrogens is 8. The van der Waals surface area contributed by atoms with Gasteiger partial charge in [0.25, 0.3) is 0 Å². The number of rotatable bonds is 12. The molecule has 12 aromatic heterocycles. The minimum Gasteiger partial charge on any atom is -0.437 e. The molecule has 0 saturated carbocycles. The Morgan fingerprint density at radius 2 is 0.611 bits per heavy atom. The first kappa shape index (κ1) is 62.3. The van der Waals surface area contributed by atoms with E-state index in [0.717, 1.165) is 150 Å². The Kier molecular flexibility index (Phi) is 17.6. The Hall–Kier alpha value is -10.7. The highest BCUT2D eigenvalue weighted by atomic mass is 16.4. The molecule has 16 aromatic rings. The molecule has 0 radical (unpaired) electrons. The van der Waals surface area contributed by atoms with Gasteiger partial charge in [-0.25, -0.2) is 38.2 Å². The first-order valence-electron chi connectivity index (χ1n) is 42.8. The molecule has 12 nitrogen and oxygen atoms in total. The molecule has 12 heteroatoms. The van der Waals surface area contributed by atoms with Gasteiger partial charge in [0, 0.05) is 127 Å². The van der Waals surface area contributed by atoms with E-state index >= 15 is 0 Å². The molecule has 0 saturated heterocycles. The maximum absolute atomic E-state index is 8.64. The molecule has 4 aromatic carbocycles. The molecule has 0 aliphatic heterocycles. The van der Waals surface area contributed by atoms with E-state index in [2.05, 4.69) is 147 Å². The standard InChI is InChI=1S/4C24H27N2O/c3*1-7-17-13-26(6)21(12-20(17)14(2)3)22-15(4)8-10-18-19-11-9-16(5)25-24(19)27-23(18)22;1-7-17-12-21(26(6)13-20(17)14(2)3)22-15(4)8-10-18-19-11-9-16(5)25-24(19)27-23(18)22/h4*8-14H,7H2,1-6H3/q4*+1/i7D2,14D;7D2;;2D3,7D2,14D. The van der Waals surface area contributed by atoms with Crippen LogP contribution in [0.2, 0.25) is 0 Å². The maximum atomic E-state index is 8.64. The van der Waals surface area contributed by atoms with Crippen LogP contribution in [0.25, 0.3) is 133 Å². The van der Waals surface area contributed by atoms with Gasteiger partial charge >= 0.3 is 0 Å². The molecule has 0 amide bonds. The average molecular weight is 1450 g/mol. The van der Waals surface area contributed by atoms with Crippen molar-refractivity contribution < 1.29 is 51.0 Å². The molecule has 0 bridgehead atoms. The fourth-order valence-corrected chi connectivity index (χ4v) is 15.2. The number of benzene rings is 4. The summed E-state index contributed by atoms with van der Waals surface area (Å²) in [5, 5.41) is 8.04. The molecule has 0 N–H and O–H groups in total. The molecule has 0 fully saturated rings. The van der Waals surface area contributed by atoms with Crippen LogP contribution in [0.1, 0.15) is 211 Å². The molecule has 16 rings (SSSR count). The fraction of sp³-hybridized carbons (Fsp3) is 0.333. The SMILES string of the molecule is CCc1c[n+](C)c(-c2c(C)ccc3c2oc2nc(C)ccc23)cc1C(C)C.[2H]C([2H])(C)c1c[n+](C)c(-c2c(C)ccc3c2oc2nc(C)ccc23)cc1C(C)C.[2H]C([2H])(C)c1c[n+](C)c(-c2c(C)ccc3c2oc2nc(C)ccc23)cc1C([2H])(C)C.[2H]C([2H])(C)c1cc(-c2c(C)ccc3c2oc2nc(C)ccc23)[n+](C)cc1C([2H])(C)C([2H])([2H])[2H]. The van der Waals surface area contributed by atoms with Crippen LogP contribution < -0.4 is 18.3 Å². The first-order valence-corrected chi connectivity index (χ1v) is 37.3. The van der Waals surface area contributed by atoms with Crippen molar-refractivity contribution in [2.24, 2.45) is 28.2 Å². The van der Waals surface area contributed by atoms with E-state index in [1.807, 2.05) is 132 Å². The van der Waals surface area contributed by atoms with Crippen molar-refractivity contribution in [3.05, 3.63) is 236 Å². The molecule has 0 aliphatic rings. The quantitative estimate of drug-likeness (QED) is 0.111. The van der Waals surface area contributed by atoms with Crippen LogP contribution >= 0.6 is 0 Å². The monoisotopic (exact) mass is 1450 g/mol. The van der Waals surface area contributed by atoms with Gasteiger partial charge in [-0.3, -0.25) is 0 Å². The second kappa shape index (κ2) is 30.5. The molecule has 108 heavy (non-hydrogen) atoms.